The minimum absolute atomic E-state index is 0.0196. The summed E-state index contributed by atoms with van der Waals surface area (Å²) in [4.78, 5) is 29.0. The normalized spacial score (nSPS) is 11.1. The van der Waals surface area contributed by atoms with Crippen molar-refractivity contribution < 1.29 is 18.7 Å². The van der Waals surface area contributed by atoms with Crippen molar-refractivity contribution in [3.63, 3.8) is 0 Å². The first-order valence-corrected chi connectivity index (χ1v) is 10.2. The van der Waals surface area contributed by atoms with Gasteiger partial charge in [0.05, 0.1) is 23.5 Å². The number of benzene rings is 2. The maximum Gasteiger partial charge on any atom is 0.412 e. The molecule has 2 amide bonds. The monoisotopic (exact) mass is 427 g/mol. The molecule has 0 saturated heterocycles. The molecule has 0 aliphatic heterocycles. The molecule has 0 atom stereocenters. The third kappa shape index (κ3) is 6.12. The lowest BCUT2D eigenvalue weighted by Crippen LogP contribution is -2.27. The second kappa shape index (κ2) is 9.04. The first-order valence-electron chi connectivity index (χ1n) is 9.29. The Hall–Kier alpha value is -3.26. The number of nitrogens with one attached hydrogen (secondary N) is 2. The highest BCUT2D eigenvalue weighted by Crippen LogP contribution is 2.26. The van der Waals surface area contributed by atoms with E-state index in [4.69, 9.17) is 4.74 Å². The van der Waals surface area contributed by atoms with Gasteiger partial charge in [0.2, 0.25) is 5.91 Å². The summed E-state index contributed by atoms with van der Waals surface area (Å²) in [7, 11) is 0. The quantitative estimate of drug-likeness (QED) is 0.565. The number of rotatable bonds is 5. The summed E-state index contributed by atoms with van der Waals surface area (Å²) in [5.74, 6) is -0.919. The van der Waals surface area contributed by atoms with Crippen LogP contribution in [0.15, 0.2) is 53.9 Å². The molecule has 1 aromatic heterocycles. The van der Waals surface area contributed by atoms with E-state index in [9.17, 15) is 14.0 Å². The van der Waals surface area contributed by atoms with Gasteiger partial charge >= 0.3 is 6.09 Å². The average Bonchev–Trinajstić information content (AvgIpc) is 3.11. The molecule has 8 heteroatoms. The number of amides is 2. The van der Waals surface area contributed by atoms with Crippen molar-refractivity contribution in [3.05, 3.63) is 65.4 Å². The van der Waals surface area contributed by atoms with Crippen LogP contribution in [0.3, 0.4) is 0 Å². The molecule has 0 unspecified atom stereocenters. The van der Waals surface area contributed by atoms with Gasteiger partial charge in [-0.15, -0.1) is 11.3 Å². The van der Waals surface area contributed by atoms with Gasteiger partial charge in [0.15, 0.2) is 0 Å². The highest BCUT2D eigenvalue weighted by molar-refractivity contribution is 7.13. The average molecular weight is 428 g/mol. The van der Waals surface area contributed by atoms with Crippen LogP contribution in [0.1, 0.15) is 26.5 Å². The predicted molar refractivity (Wildman–Crippen MR) is 116 cm³/mol. The number of hydrogen-bond acceptors (Lipinski definition) is 5. The van der Waals surface area contributed by atoms with Gasteiger partial charge < -0.3 is 10.1 Å². The number of anilines is 2. The largest absolute Gasteiger partial charge is 0.444 e. The van der Waals surface area contributed by atoms with E-state index in [2.05, 4.69) is 15.6 Å². The zero-order valence-electron chi connectivity index (χ0n) is 16.9. The fourth-order valence-corrected chi connectivity index (χ4v) is 3.43. The summed E-state index contributed by atoms with van der Waals surface area (Å²) in [5, 5.41) is 7.79. The van der Waals surface area contributed by atoms with Crippen LogP contribution in [0.5, 0.6) is 0 Å². The van der Waals surface area contributed by atoms with Crippen LogP contribution in [0.25, 0.3) is 10.6 Å². The van der Waals surface area contributed by atoms with Gasteiger partial charge in [-0.25, -0.2) is 14.2 Å². The van der Waals surface area contributed by atoms with Crippen LogP contribution >= 0.6 is 11.3 Å². The van der Waals surface area contributed by atoms with Gasteiger partial charge in [0.25, 0.3) is 0 Å². The van der Waals surface area contributed by atoms with Gasteiger partial charge in [0.1, 0.15) is 16.4 Å². The maximum absolute atomic E-state index is 13.7. The van der Waals surface area contributed by atoms with Gasteiger partial charge in [0, 0.05) is 10.9 Å². The van der Waals surface area contributed by atoms with E-state index in [-0.39, 0.29) is 23.7 Å². The van der Waals surface area contributed by atoms with Gasteiger partial charge in [-0.05, 0) is 39.0 Å². The number of carbonyl (C=O) groups excluding carboxylic acids is 2. The highest BCUT2D eigenvalue weighted by atomic mass is 32.1. The Bertz CT molecular complexity index is 1050. The maximum atomic E-state index is 13.7. The molecular weight excluding hydrogens is 405 g/mol. The van der Waals surface area contributed by atoms with E-state index in [1.807, 2.05) is 35.7 Å². The third-order valence-corrected chi connectivity index (χ3v) is 4.75. The molecule has 30 heavy (non-hydrogen) atoms. The standard InChI is InChI=1S/C22H22FN3O3S/c1-22(2,3)29-21(28)26-17-10-9-15(23)11-18(17)25-19(27)12-16-13-30-20(24-16)14-7-5-4-6-8-14/h4-11,13H,12H2,1-3H3,(H,25,27)(H,26,28). The lowest BCUT2D eigenvalue weighted by atomic mass is 10.2. The van der Waals surface area contributed by atoms with Crippen molar-refractivity contribution in [2.24, 2.45) is 0 Å². The molecule has 0 aliphatic carbocycles. The van der Waals surface area contributed by atoms with E-state index in [0.717, 1.165) is 16.6 Å². The van der Waals surface area contributed by atoms with Gasteiger partial charge in [-0.3, -0.25) is 10.1 Å². The van der Waals surface area contributed by atoms with Gasteiger partial charge in [-0.2, -0.15) is 0 Å². The van der Waals surface area contributed by atoms with Crippen molar-refractivity contribution in [2.75, 3.05) is 10.6 Å². The summed E-state index contributed by atoms with van der Waals surface area (Å²) < 4.78 is 18.9. The van der Waals surface area contributed by atoms with Crippen molar-refractivity contribution in [1.29, 1.82) is 0 Å². The molecule has 6 nitrogen and oxygen atoms in total. The Morgan fingerprint density at radius 1 is 1.07 bits per heavy atom. The Morgan fingerprint density at radius 3 is 2.50 bits per heavy atom. The van der Waals surface area contributed by atoms with Gasteiger partial charge in [-0.1, -0.05) is 30.3 Å². The van der Waals surface area contributed by atoms with E-state index in [1.54, 1.807) is 20.8 Å². The number of halogens is 1. The number of aromatic nitrogens is 1. The van der Waals surface area contributed by atoms with Crippen molar-refractivity contribution >= 4 is 34.7 Å². The Morgan fingerprint density at radius 2 is 1.80 bits per heavy atom. The number of nitrogens with zero attached hydrogens (tertiary/aromatic N) is 1. The van der Waals surface area contributed by atoms with E-state index >= 15 is 0 Å². The molecule has 0 saturated carbocycles. The summed E-state index contributed by atoms with van der Waals surface area (Å²) in [6.45, 7) is 5.20. The molecule has 0 spiro atoms. The molecule has 3 aromatic rings. The van der Waals surface area contributed by atoms with E-state index in [0.29, 0.717) is 5.69 Å². The number of ether oxygens (including phenoxy) is 1. The molecule has 3 rings (SSSR count). The summed E-state index contributed by atoms with van der Waals surface area (Å²) in [6, 6.07) is 13.4. The SMILES string of the molecule is CC(C)(C)OC(=O)Nc1ccc(F)cc1NC(=O)Cc1csc(-c2ccccc2)n1. The first-order chi connectivity index (χ1) is 14.2. The second-order valence-corrected chi connectivity index (χ2v) is 8.41. The summed E-state index contributed by atoms with van der Waals surface area (Å²) in [6.07, 6.45) is -0.678. The molecule has 156 valence electrons. The minimum Gasteiger partial charge on any atom is -0.444 e. The van der Waals surface area contributed by atoms with E-state index < -0.39 is 17.5 Å². The molecule has 0 radical (unpaired) electrons. The van der Waals surface area contributed by atoms with Crippen molar-refractivity contribution in [3.8, 4) is 10.6 Å². The van der Waals surface area contributed by atoms with Crippen LogP contribution in [0.4, 0.5) is 20.6 Å². The number of hydrogen-bond donors (Lipinski definition) is 2. The minimum atomic E-state index is -0.698. The molecular formula is C22H22FN3O3S. The molecule has 0 fully saturated rings. The molecule has 2 aromatic carbocycles. The zero-order valence-corrected chi connectivity index (χ0v) is 17.7. The molecule has 0 bridgehead atoms. The second-order valence-electron chi connectivity index (χ2n) is 7.55. The van der Waals surface area contributed by atoms with Crippen LogP contribution in [-0.2, 0) is 16.0 Å². The lowest BCUT2D eigenvalue weighted by molar-refractivity contribution is -0.115. The Balaban J connectivity index is 1.68. The van der Waals surface area contributed by atoms with Crippen LogP contribution in [-0.4, -0.2) is 22.6 Å². The summed E-state index contributed by atoms with van der Waals surface area (Å²) in [5.41, 5.74) is 1.28. The lowest BCUT2D eigenvalue weighted by Gasteiger charge is -2.20. The van der Waals surface area contributed by atoms with Crippen molar-refractivity contribution in [1.82, 2.24) is 4.98 Å². The summed E-state index contributed by atoms with van der Waals surface area (Å²) >= 11 is 1.45. The predicted octanol–water partition coefficient (Wildman–Crippen LogP) is 5.48. The Kier molecular flexibility index (Phi) is 6.47. The number of carbonyl (C=O) groups is 2. The van der Waals surface area contributed by atoms with Crippen LogP contribution < -0.4 is 10.6 Å². The van der Waals surface area contributed by atoms with E-state index in [1.165, 1.54) is 23.5 Å². The fourth-order valence-electron chi connectivity index (χ4n) is 2.60. The Labute approximate surface area is 178 Å². The smallest absolute Gasteiger partial charge is 0.412 e. The topological polar surface area (TPSA) is 80.3 Å². The number of thiazole rings is 1. The molecule has 2 N–H and O–H groups in total. The molecule has 1 heterocycles. The highest BCUT2D eigenvalue weighted by Gasteiger charge is 2.18. The third-order valence-electron chi connectivity index (χ3n) is 3.81. The van der Waals surface area contributed by atoms with Crippen LogP contribution in [0.2, 0.25) is 0 Å². The zero-order chi connectivity index (χ0) is 21.7. The molecule has 0 aliphatic rings. The first kappa shape index (κ1) is 21.4. The van der Waals surface area contributed by atoms with Crippen LogP contribution in [0, 0.1) is 5.82 Å². The van der Waals surface area contributed by atoms with Crippen molar-refractivity contribution in [2.45, 2.75) is 32.8 Å². The fraction of sp³-hybridized carbons (Fsp3) is 0.227.